The smallest absolute Gasteiger partial charge is 0.183 e. The van der Waals surface area contributed by atoms with E-state index in [1.165, 1.54) is 0 Å². The normalized spacial score (nSPS) is 21.9. The number of aliphatic hydroxyl groups is 2. The number of aliphatic hydroxyl groups excluding tert-OH is 2. The summed E-state index contributed by atoms with van der Waals surface area (Å²) in [7, 11) is 0. The van der Waals surface area contributed by atoms with Gasteiger partial charge in [0.15, 0.2) is 17.7 Å². The predicted octanol–water partition coefficient (Wildman–Crippen LogP) is 4.74. The number of ether oxygens (including phenoxy) is 1. The number of ketones is 1. The predicted molar refractivity (Wildman–Crippen MR) is 178 cm³/mol. The number of fused-ring (bicyclic) bond motifs is 4. The van der Waals surface area contributed by atoms with E-state index in [-0.39, 0.29) is 24.4 Å². The second kappa shape index (κ2) is 14.0. The van der Waals surface area contributed by atoms with Crippen LogP contribution in [0.25, 0.3) is 0 Å². The fraction of sp³-hybridized carbons (Fsp3) is 0.432. The number of hydrogen-bond donors (Lipinski definition) is 4. The lowest BCUT2D eigenvalue weighted by Gasteiger charge is -2.28. The van der Waals surface area contributed by atoms with Crippen LogP contribution in [0.2, 0.25) is 0 Å². The van der Waals surface area contributed by atoms with Gasteiger partial charge in [-0.3, -0.25) is 14.8 Å². The van der Waals surface area contributed by atoms with Crippen LogP contribution in [0.3, 0.4) is 0 Å². The minimum Gasteiger partial charge on any atom is -0.504 e. The summed E-state index contributed by atoms with van der Waals surface area (Å²) >= 11 is 0. The zero-order valence-corrected chi connectivity index (χ0v) is 26.3. The molecule has 4 aliphatic rings. The van der Waals surface area contributed by atoms with Crippen molar-refractivity contribution in [2.45, 2.75) is 95.7 Å². The lowest BCUT2D eigenvalue weighted by atomic mass is 9.85. The molecule has 6 rings (SSSR count). The topological polar surface area (TPSA) is 141 Å². The van der Waals surface area contributed by atoms with Crippen molar-refractivity contribution >= 4 is 18.2 Å². The Balaban J connectivity index is 1.21. The molecule has 9 nitrogen and oxygen atoms in total. The van der Waals surface area contributed by atoms with Crippen molar-refractivity contribution in [3.63, 3.8) is 0 Å². The van der Waals surface area contributed by atoms with E-state index in [1.807, 2.05) is 35.7 Å². The third-order valence-corrected chi connectivity index (χ3v) is 9.20. The molecule has 0 spiro atoms. The second-order valence-electron chi connectivity index (χ2n) is 12.5. The van der Waals surface area contributed by atoms with Crippen LogP contribution in [0.15, 0.2) is 63.4 Å². The van der Waals surface area contributed by atoms with E-state index in [0.29, 0.717) is 44.4 Å². The number of benzene rings is 2. The zero-order valence-electron chi connectivity index (χ0n) is 26.3. The maximum atomic E-state index is 12.5. The van der Waals surface area contributed by atoms with Gasteiger partial charge in [-0.1, -0.05) is 56.2 Å². The van der Waals surface area contributed by atoms with Crippen molar-refractivity contribution < 1.29 is 24.9 Å². The minimum absolute atomic E-state index is 0.00838. The zero-order chi connectivity index (χ0) is 32.2. The third-order valence-electron chi connectivity index (χ3n) is 9.20. The third kappa shape index (κ3) is 6.95. The Labute approximate surface area is 270 Å². The number of hydrogen-bond acceptors (Lipinski definition) is 9. The van der Waals surface area contributed by atoms with Gasteiger partial charge in [0.05, 0.1) is 18.2 Å². The van der Waals surface area contributed by atoms with Crippen molar-refractivity contribution in [3.05, 3.63) is 81.2 Å². The van der Waals surface area contributed by atoms with Crippen molar-refractivity contribution in [2.24, 2.45) is 15.7 Å². The molecule has 0 saturated heterocycles. The van der Waals surface area contributed by atoms with Gasteiger partial charge in [0, 0.05) is 56.4 Å². The number of nitrogens with zero attached hydrogens (tertiary/aromatic N) is 3. The van der Waals surface area contributed by atoms with Crippen LogP contribution >= 0.6 is 0 Å². The highest BCUT2D eigenvalue weighted by molar-refractivity contribution is 5.88. The summed E-state index contributed by atoms with van der Waals surface area (Å²) in [5.74, 6) is 6.47. The second-order valence-corrected chi connectivity index (χ2v) is 12.5. The standard InChI is InChI=1S/C37H42N4O5/c1-2-3-4-6-25(42)19-26(43)11-9-23-10-14-34(45)35(17-23)46-36-8-5-7-33(44)28-12-13-29-27(15-16-39-37(29)38)30(28)18-24-20-40-32-22-41(36)21-31(24)32/h10,12-14,16-17,20,22,25,33,36-37,42,44-45H,2-4,6,8-9,11,15,18-19,21,38H2,1H3. The van der Waals surface area contributed by atoms with Gasteiger partial charge in [0.1, 0.15) is 18.1 Å². The summed E-state index contributed by atoms with van der Waals surface area (Å²) in [5.41, 5.74) is 14.0. The summed E-state index contributed by atoms with van der Waals surface area (Å²) in [4.78, 5) is 23.6. The highest BCUT2D eigenvalue weighted by Crippen LogP contribution is 2.38. The molecule has 46 heavy (non-hydrogen) atoms. The molecule has 9 heteroatoms. The lowest BCUT2D eigenvalue weighted by molar-refractivity contribution is -0.121. The number of rotatable bonds is 11. The Morgan fingerprint density at radius 2 is 2.04 bits per heavy atom. The number of phenolic OH excluding ortho intramolecular Hbond substituents is 1. The molecule has 2 bridgehead atoms. The van der Waals surface area contributed by atoms with Gasteiger partial charge >= 0.3 is 0 Å². The molecule has 0 amide bonds. The molecule has 5 N–H and O–H groups in total. The molecule has 4 aliphatic heterocycles. The van der Waals surface area contributed by atoms with E-state index in [0.717, 1.165) is 63.9 Å². The number of nitrogens with two attached hydrogens (primary N) is 1. The van der Waals surface area contributed by atoms with Crippen LogP contribution in [0.1, 0.15) is 92.0 Å². The van der Waals surface area contributed by atoms with Crippen molar-refractivity contribution in [1.82, 2.24) is 4.90 Å². The first-order chi connectivity index (χ1) is 22.3. The monoisotopic (exact) mass is 622 g/mol. The largest absolute Gasteiger partial charge is 0.504 e. The van der Waals surface area contributed by atoms with Crippen LogP contribution in [0.5, 0.6) is 11.5 Å². The molecule has 0 saturated carbocycles. The molecule has 4 atom stereocenters. The quantitative estimate of drug-likeness (QED) is 0.210. The number of aliphatic imine (C=N–C) groups is 2. The van der Waals surface area contributed by atoms with Gasteiger partial charge in [0.2, 0.25) is 0 Å². The van der Waals surface area contributed by atoms with Crippen LogP contribution in [0.4, 0.5) is 0 Å². The van der Waals surface area contributed by atoms with Crippen LogP contribution in [-0.2, 0) is 24.1 Å². The van der Waals surface area contributed by atoms with E-state index < -0.39 is 24.6 Å². The summed E-state index contributed by atoms with van der Waals surface area (Å²) in [6, 6.07) is 8.98. The highest BCUT2D eigenvalue weighted by Gasteiger charge is 2.32. The number of aryl methyl sites for hydroxylation is 1. The SMILES string of the molecule is CCCCCC(O)CC(=O)CCc1ccc(O)c(OC2CC#CC(O)c3ccc4c(c3CC3=C5CN2C=C5N=C3)CC=NC4N)c1. The molecule has 4 heterocycles. The van der Waals surface area contributed by atoms with Gasteiger partial charge in [-0.2, -0.15) is 0 Å². The van der Waals surface area contributed by atoms with Gasteiger partial charge in [0.25, 0.3) is 0 Å². The van der Waals surface area contributed by atoms with Crippen molar-refractivity contribution in [3.8, 4) is 23.3 Å². The number of Topliss-reactive ketones (excluding diaryl/α,β-unsaturated/α-hetero) is 1. The number of unbranched alkanes of at least 4 members (excludes halogenated alkanes) is 2. The Morgan fingerprint density at radius 1 is 1.20 bits per heavy atom. The first kappa shape index (κ1) is 31.7. The Morgan fingerprint density at radius 3 is 2.89 bits per heavy atom. The van der Waals surface area contributed by atoms with Gasteiger partial charge in [-0.05, 0) is 58.4 Å². The number of carbonyl (C=O) groups is 1. The van der Waals surface area contributed by atoms with E-state index >= 15 is 0 Å². The minimum atomic E-state index is -1.00. The first-order valence-electron chi connectivity index (χ1n) is 16.3. The molecule has 2 aromatic rings. The molecule has 2 aromatic carbocycles. The number of carbonyl (C=O) groups excluding carboxylic acids is 1. The van der Waals surface area contributed by atoms with E-state index in [9.17, 15) is 20.1 Å². The number of phenols is 1. The lowest BCUT2D eigenvalue weighted by Crippen LogP contribution is -2.35. The Kier molecular flexibility index (Phi) is 9.69. The van der Waals surface area contributed by atoms with E-state index in [2.05, 4.69) is 23.8 Å². The first-order valence-corrected chi connectivity index (χ1v) is 16.3. The Hall–Kier alpha value is -4.23. The molecule has 0 radical (unpaired) electrons. The van der Waals surface area contributed by atoms with E-state index in [4.69, 9.17) is 15.5 Å². The molecule has 240 valence electrons. The molecule has 4 unspecified atom stereocenters. The van der Waals surface area contributed by atoms with Crippen LogP contribution in [-0.4, -0.2) is 57.3 Å². The number of allylic oxidation sites excluding steroid dienone is 1. The van der Waals surface area contributed by atoms with Crippen molar-refractivity contribution in [2.75, 3.05) is 6.54 Å². The molecular formula is C37H42N4O5. The maximum Gasteiger partial charge on any atom is 0.183 e. The average Bonchev–Trinajstić information content (AvgIpc) is 3.62. The fourth-order valence-corrected chi connectivity index (χ4v) is 6.61. The summed E-state index contributed by atoms with van der Waals surface area (Å²) in [6.07, 6.45) is 9.28. The van der Waals surface area contributed by atoms with Gasteiger partial charge in [-0.15, -0.1) is 0 Å². The highest BCUT2D eigenvalue weighted by atomic mass is 16.5. The van der Waals surface area contributed by atoms with Crippen molar-refractivity contribution in [1.29, 1.82) is 0 Å². The molecular weight excluding hydrogens is 580 g/mol. The van der Waals surface area contributed by atoms with Gasteiger partial charge < -0.3 is 30.7 Å². The Bertz CT molecular complexity index is 1680. The fourth-order valence-electron chi connectivity index (χ4n) is 6.61. The van der Waals surface area contributed by atoms with Crippen LogP contribution in [0, 0.1) is 11.8 Å². The average molecular weight is 623 g/mol. The molecule has 0 aliphatic carbocycles. The van der Waals surface area contributed by atoms with Gasteiger partial charge in [-0.25, -0.2) is 0 Å². The van der Waals surface area contributed by atoms with Crippen LogP contribution < -0.4 is 10.5 Å². The summed E-state index contributed by atoms with van der Waals surface area (Å²) in [5, 5.41) is 32.2. The maximum absolute atomic E-state index is 12.5. The molecule has 0 aromatic heterocycles. The number of aromatic hydroxyl groups is 1. The summed E-state index contributed by atoms with van der Waals surface area (Å²) in [6.45, 7) is 2.68. The molecule has 0 fully saturated rings. The summed E-state index contributed by atoms with van der Waals surface area (Å²) < 4.78 is 6.41. The van der Waals surface area contributed by atoms with E-state index in [1.54, 1.807) is 18.2 Å².